The number of hydrogen-bond donors (Lipinski definition) is 1. The number of carbonyl (C=O) groups excluding carboxylic acids is 1. The molecular weight excluding hydrogens is 325 g/mol. The van der Waals surface area contributed by atoms with Gasteiger partial charge in [0.05, 0.1) is 16.8 Å². The Kier molecular flexibility index (Phi) is 3.90. The number of rotatable bonds is 3. The molecule has 122 valence electrons. The number of nitrogens with one attached hydrogen (secondary N) is 1. The molecule has 2 aromatic heterocycles. The Morgan fingerprint density at radius 1 is 1.17 bits per heavy atom. The molecule has 1 saturated heterocycles. The first kappa shape index (κ1) is 15.1. The Hall–Kier alpha value is -2.47. The monoisotopic (exact) mass is 341 g/mol. The topological polar surface area (TPSA) is 45.2 Å². The van der Waals surface area contributed by atoms with Crippen molar-refractivity contribution < 1.29 is 9.18 Å². The maximum atomic E-state index is 13.3. The van der Waals surface area contributed by atoms with E-state index in [1.807, 2.05) is 12.1 Å². The van der Waals surface area contributed by atoms with E-state index in [4.69, 9.17) is 0 Å². The fourth-order valence-corrected chi connectivity index (χ4v) is 3.85. The second kappa shape index (κ2) is 6.20. The van der Waals surface area contributed by atoms with Crippen LogP contribution in [0.25, 0.3) is 10.1 Å². The molecule has 0 unspecified atom stereocenters. The van der Waals surface area contributed by atoms with Crippen LogP contribution in [0.2, 0.25) is 0 Å². The van der Waals surface area contributed by atoms with Crippen LogP contribution in [0.1, 0.15) is 22.5 Å². The molecule has 3 heterocycles. The van der Waals surface area contributed by atoms with Crippen LogP contribution < -0.4 is 10.2 Å². The molecule has 6 heteroatoms. The van der Waals surface area contributed by atoms with Gasteiger partial charge in [-0.3, -0.25) is 4.79 Å². The Balaban J connectivity index is 1.50. The number of benzene rings is 1. The lowest BCUT2D eigenvalue weighted by molar-refractivity contribution is 0.103. The van der Waals surface area contributed by atoms with Crippen molar-refractivity contribution in [2.24, 2.45) is 0 Å². The van der Waals surface area contributed by atoms with Gasteiger partial charge in [0.2, 0.25) is 0 Å². The standard InChI is InChI=1S/C18H16FN3OS/c19-13-3-5-15-12(9-13)10-16(24-15)18(23)21-14-4-6-17(20-11-14)22-7-1-2-8-22/h3-6,9-11H,1-2,7-8H2,(H,21,23). The van der Waals surface area contributed by atoms with Crippen molar-refractivity contribution in [2.45, 2.75) is 12.8 Å². The van der Waals surface area contributed by atoms with Crippen LogP contribution in [0.15, 0.2) is 42.6 Å². The third kappa shape index (κ3) is 2.97. The van der Waals surface area contributed by atoms with Crippen LogP contribution in [-0.4, -0.2) is 24.0 Å². The lowest BCUT2D eigenvalue weighted by Crippen LogP contribution is -2.19. The molecule has 1 amide bonds. The number of fused-ring (bicyclic) bond motifs is 1. The van der Waals surface area contributed by atoms with E-state index in [0.717, 1.165) is 29.0 Å². The zero-order chi connectivity index (χ0) is 16.5. The van der Waals surface area contributed by atoms with Crippen molar-refractivity contribution in [2.75, 3.05) is 23.3 Å². The number of anilines is 2. The maximum Gasteiger partial charge on any atom is 0.265 e. The third-order valence-corrected chi connectivity index (χ3v) is 5.25. The summed E-state index contributed by atoms with van der Waals surface area (Å²) in [5, 5.41) is 3.59. The molecule has 0 atom stereocenters. The van der Waals surface area contributed by atoms with Crippen molar-refractivity contribution >= 4 is 38.8 Å². The summed E-state index contributed by atoms with van der Waals surface area (Å²) in [6, 6.07) is 10.0. The lowest BCUT2D eigenvalue weighted by Gasteiger charge is -2.16. The maximum absolute atomic E-state index is 13.3. The molecule has 0 bridgehead atoms. The highest BCUT2D eigenvalue weighted by Crippen LogP contribution is 2.27. The molecule has 24 heavy (non-hydrogen) atoms. The molecule has 1 aliphatic rings. The molecule has 1 aromatic carbocycles. The van der Waals surface area contributed by atoms with Gasteiger partial charge in [0.1, 0.15) is 11.6 Å². The van der Waals surface area contributed by atoms with Gasteiger partial charge in [0, 0.05) is 17.8 Å². The molecule has 4 nitrogen and oxygen atoms in total. The summed E-state index contributed by atoms with van der Waals surface area (Å²) in [4.78, 5) is 19.6. The van der Waals surface area contributed by atoms with E-state index in [9.17, 15) is 9.18 Å². The number of halogens is 1. The average molecular weight is 341 g/mol. The Morgan fingerprint density at radius 3 is 2.75 bits per heavy atom. The van der Waals surface area contributed by atoms with Crippen LogP contribution in [-0.2, 0) is 0 Å². The number of thiophene rings is 1. The van der Waals surface area contributed by atoms with Gasteiger partial charge in [-0.2, -0.15) is 0 Å². The second-order valence-electron chi connectivity index (χ2n) is 5.85. The number of amides is 1. The van der Waals surface area contributed by atoms with Gasteiger partial charge in [0.25, 0.3) is 5.91 Å². The lowest BCUT2D eigenvalue weighted by atomic mass is 10.2. The molecule has 1 fully saturated rings. The molecule has 0 aliphatic carbocycles. The fourth-order valence-electron chi connectivity index (χ4n) is 2.91. The summed E-state index contributed by atoms with van der Waals surface area (Å²) in [5.74, 6) is 0.448. The highest BCUT2D eigenvalue weighted by Gasteiger charge is 2.14. The Labute approximate surface area is 142 Å². The minimum absolute atomic E-state index is 0.202. The van der Waals surface area contributed by atoms with Crippen molar-refractivity contribution in [1.82, 2.24) is 4.98 Å². The predicted molar refractivity (Wildman–Crippen MR) is 95.4 cm³/mol. The van der Waals surface area contributed by atoms with Crippen molar-refractivity contribution in [1.29, 1.82) is 0 Å². The van der Waals surface area contributed by atoms with Crippen molar-refractivity contribution in [3.63, 3.8) is 0 Å². The van der Waals surface area contributed by atoms with Gasteiger partial charge >= 0.3 is 0 Å². The summed E-state index contributed by atoms with van der Waals surface area (Å²) in [5.41, 5.74) is 0.659. The van der Waals surface area contributed by atoms with E-state index in [0.29, 0.717) is 10.6 Å². The van der Waals surface area contributed by atoms with E-state index in [2.05, 4.69) is 15.2 Å². The van der Waals surface area contributed by atoms with Gasteiger partial charge in [0.15, 0.2) is 0 Å². The summed E-state index contributed by atoms with van der Waals surface area (Å²) in [7, 11) is 0. The molecule has 0 spiro atoms. The quantitative estimate of drug-likeness (QED) is 0.773. The zero-order valence-electron chi connectivity index (χ0n) is 13.0. The predicted octanol–water partition coefficient (Wildman–Crippen LogP) is 4.29. The van der Waals surface area contributed by atoms with E-state index >= 15 is 0 Å². The number of pyridine rings is 1. The number of carbonyl (C=O) groups is 1. The van der Waals surface area contributed by atoms with Crippen LogP contribution in [0.5, 0.6) is 0 Å². The van der Waals surface area contributed by atoms with E-state index in [1.54, 1.807) is 18.3 Å². The molecular formula is C18H16FN3OS. The normalized spacial score (nSPS) is 14.3. The fraction of sp³-hybridized carbons (Fsp3) is 0.222. The van der Waals surface area contributed by atoms with Gasteiger partial charge in [-0.15, -0.1) is 11.3 Å². The van der Waals surface area contributed by atoms with Crippen LogP contribution >= 0.6 is 11.3 Å². The summed E-state index contributed by atoms with van der Waals surface area (Å²) >= 11 is 1.35. The van der Waals surface area contributed by atoms with Crippen LogP contribution in [0.4, 0.5) is 15.9 Å². The molecule has 0 saturated carbocycles. The third-order valence-electron chi connectivity index (χ3n) is 4.14. The minimum atomic E-state index is -0.297. The van der Waals surface area contributed by atoms with Gasteiger partial charge < -0.3 is 10.2 Å². The van der Waals surface area contributed by atoms with Crippen molar-refractivity contribution in [3.8, 4) is 0 Å². The van der Waals surface area contributed by atoms with Gasteiger partial charge in [-0.25, -0.2) is 9.37 Å². The van der Waals surface area contributed by atoms with Gasteiger partial charge in [-0.1, -0.05) is 0 Å². The second-order valence-corrected chi connectivity index (χ2v) is 6.93. The van der Waals surface area contributed by atoms with Crippen molar-refractivity contribution in [3.05, 3.63) is 53.3 Å². The highest BCUT2D eigenvalue weighted by molar-refractivity contribution is 7.20. The first-order valence-electron chi connectivity index (χ1n) is 7.90. The SMILES string of the molecule is O=C(Nc1ccc(N2CCCC2)nc1)c1cc2cc(F)ccc2s1. The summed E-state index contributed by atoms with van der Waals surface area (Å²) in [6.07, 6.45) is 4.08. The first-order chi connectivity index (χ1) is 11.7. The number of nitrogens with zero attached hydrogens (tertiary/aromatic N) is 2. The van der Waals surface area contributed by atoms with Gasteiger partial charge in [-0.05, 0) is 54.6 Å². The molecule has 1 N–H and O–H groups in total. The highest BCUT2D eigenvalue weighted by atomic mass is 32.1. The average Bonchev–Trinajstić information content (AvgIpc) is 3.24. The number of aromatic nitrogens is 1. The number of hydrogen-bond acceptors (Lipinski definition) is 4. The Morgan fingerprint density at radius 2 is 2.00 bits per heavy atom. The first-order valence-corrected chi connectivity index (χ1v) is 8.72. The molecule has 1 aliphatic heterocycles. The zero-order valence-corrected chi connectivity index (χ0v) is 13.8. The molecule has 4 rings (SSSR count). The minimum Gasteiger partial charge on any atom is -0.357 e. The smallest absolute Gasteiger partial charge is 0.265 e. The summed E-state index contributed by atoms with van der Waals surface area (Å²) < 4.78 is 14.1. The van der Waals surface area contributed by atoms with Crippen LogP contribution in [0, 0.1) is 5.82 Å². The summed E-state index contributed by atoms with van der Waals surface area (Å²) in [6.45, 7) is 2.08. The largest absolute Gasteiger partial charge is 0.357 e. The van der Waals surface area contributed by atoms with Crippen LogP contribution in [0.3, 0.4) is 0 Å². The van der Waals surface area contributed by atoms with E-state index in [-0.39, 0.29) is 11.7 Å². The van der Waals surface area contributed by atoms with E-state index < -0.39 is 0 Å². The Bertz CT molecular complexity index is 885. The van der Waals surface area contributed by atoms with E-state index in [1.165, 1.54) is 36.3 Å². The molecule has 0 radical (unpaired) electrons. The molecule has 3 aromatic rings.